The number of ether oxygens (including phenoxy) is 3. The fraction of sp³-hybridized carbons (Fsp3) is 0.938. The van der Waals surface area contributed by atoms with Crippen LogP contribution in [0.3, 0.4) is 0 Å². The topological polar surface area (TPSA) is 48.0 Å². The Hall–Kier alpha value is -0.810. The smallest absolute Gasteiger partial charge is 0.410 e. The summed E-state index contributed by atoms with van der Waals surface area (Å²) in [6.45, 7) is 9.50. The van der Waals surface area contributed by atoms with Crippen molar-refractivity contribution in [2.24, 2.45) is 0 Å². The van der Waals surface area contributed by atoms with Crippen molar-refractivity contribution in [2.75, 3.05) is 26.9 Å². The van der Waals surface area contributed by atoms with Crippen LogP contribution in [0.5, 0.6) is 0 Å². The van der Waals surface area contributed by atoms with E-state index in [0.29, 0.717) is 13.2 Å². The van der Waals surface area contributed by atoms with E-state index < -0.39 is 5.60 Å². The molecule has 0 aromatic heterocycles. The van der Waals surface area contributed by atoms with Gasteiger partial charge in [-0.2, -0.15) is 0 Å². The molecule has 21 heavy (non-hydrogen) atoms. The maximum Gasteiger partial charge on any atom is 0.410 e. The second kappa shape index (κ2) is 8.59. The minimum atomic E-state index is -0.476. The van der Waals surface area contributed by atoms with Crippen molar-refractivity contribution in [3.8, 4) is 0 Å². The van der Waals surface area contributed by atoms with Crippen LogP contribution in [-0.4, -0.2) is 55.6 Å². The van der Waals surface area contributed by atoms with E-state index in [1.165, 1.54) is 0 Å². The molecular formula is C16H31NO4. The van der Waals surface area contributed by atoms with Crippen LogP contribution in [0.15, 0.2) is 0 Å². The average Bonchev–Trinajstić information content (AvgIpc) is 2.38. The lowest BCUT2D eigenvalue weighted by Crippen LogP contribution is -2.47. The summed E-state index contributed by atoms with van der Waals surface area (Å²) in [5, 5.41) is 0. The van der Waals surface area contributed by atoms with Gasteiger partial charge < -0.3 is 19.1 Å². The molecule has 5 nitrogen and oxygen atoms in total. The van der Waals surface area contributed by atoms with Gasteiger partial charge >= 0.3 is 6.09 Å². The van der Waals surface area contributed by atoms with Crippen molar-refractivity contribution in [1.29, 1.82) is 0 Å². The predicted octanol–water partition coefficient (Wildman–Crippen LogP) is 3.22. The maximum absolute atomic E-state index is 12.4. The first-order chi connectivity index (χ1) is 9.87. The van der Waals surface area contributed by atoms with Crippen LogP contribution >= 0.6 is 0 Å². The summed E-state index contributed by atoms with van der Waals surface area (Å²) >= 11 is 0. The average molecular weight is 301 g/mol. The highest BCUT2D eigenvalue weighted by atomic mass is 16.6. The Morgan fingerprint density at radius 1 is 1.29 bits per heavy atom. The number of carbonyl (C=O) groups excluding carboxylic acids is 1. The minimum absolute atomic E-state index is 0.181. The molecule has 2 atom stereocenters. The standard InChI is InChI=1S/C16H31NO4/c1-6-20-14-9-7-8-13(12-14)17(10-11-19-5)15(18)21-16(2,3)4/h13-14H,6-12H2,1-5H3. The second-order valence-corrected chi connectivity index (χ2v) is 6.56. The van der Waals surface area contributed by atoms with Crippen LogP contribution in [0.4, 0.5) is 4.79 Å². The normalized spacial score (nSPS) is 22.9. The van der Waals surface area contributed by atoms with E-state index in [-0.39, 0.29) is 18.2 Å². The Morgan fingerprint density at radius 3 is 2.57 bits per heavy atom. The number of carbonyl (C=O) groups is 1. The summed E-state index contributed by atoms with van der Waals surface area (Å²) in [4.78, 5) is 14.3. The van der Waals surface area contributed by atoms with Gasteiger partial charge in [0.15, 0.2) is 0 Å². The third kappa shape index (κ3) is 6.66. The van der Waals surface area contributed by atoms with E-state index in [2.05, 4.69) is 0 Å². The molecule has 0 N–H and O–H groups in total. The highest BCUT2D eigenvalue weighted by Crippen LogP contribution is 2.26. The Kier molecular flexibility index (Phi) is 7.46. The zero-order chi connectivity index (χ0) is 15.9. The molecule has 5 heteroatoms. The van der Waals surface area contributed by atoms with E-state index in [1.807, 2.05) is 32.6 Å². The Morgan fingerprint density at radius 2 is 2.00 bits per heavy atom. The molecule has 0 bridgehead atoms. The van der Waals surface area contributed by atoms with Crippen LogP contribution in [0.1, 0.15) is 53.4 Å². The molecule has 1 amide bonds. The van der Waals surface area contributed by atoms with Crippen molar-refractivity contribution < 1.29 is 19.0 Å². The van der Waals surface area contributed by atoms with E-state index in [4.69, 9.17) is 14.2 Å². The molecule has 1 fully saturated rings. The number of rotatable bonds is 6. The van der Waals surface area contributed by atoms with Gasteiger partial charge in [-0.15, -0.1) is 0 Å². The fourth-order valence-electron chi connectivity index (χ4n) is 2.72. The third-order valence-electron chi connectivity index (χ3n) is 3.61. The van der Waals surface area contributed by atoms with E-state index in [0.717, 1.165) is 32.3 Å². The molecule has 0 spiro atoms. The highest BCUT2D eigenvalue weighted by molar-refractivity contribution is 5.68. The zero-order valence-electron chi connectivity index (χ0n) is 14.2. The summed E-state index contributed by atoms with van der Waals surface area (Å²) in [7, 11) is 1.65. The van der Waals surface area contributed by atoms with Crippen LogP contribution in [0.2, 0.25) is 0 Å². The second-order valence-electron chi connectivity index (χ2n) is 6.56. The van der Waals surface area contributed by atoms with Crippen molar-refractivity contribution in [1.82, 2.24) is 4.90 Å². The number of hydrogen-bond donors (Lipinski definition) is 0. The van der Waals surface area contributed by atoms with E-state index in [9.17, 15) is 4.79 Å². The molecule has 1 rings (SSSR count). The first kappa shape index (κ1) is 18.2. The van der Waals surface area contributed by atoms with Gasteiger partial charge in [0, 0.05) is 26.3 Å². The molecule has 0 saturated heterocycles. The van der Waals surface area contributed by atoms with E-state index >= 15 is 0 Å². The quantitative estimate of drug-likeness (QED) is 0.756. The number of methoxy groups -OCH3 is 1. The minimum Gasteiger partial charge on any atom is -0.444 e. The molecule has 2 unspecified atom stereocenters. The summed E-state index contributed by atoms with van der Waals surface area (Å²) in [6, 6.07) is 0.181. The zero-order valence-corrected chi connectivity index (χ0v) is 14.2. The Balaban J connectivity index is 2.69. The number of hydrogen-bond acceptors (Lipinski definition) is 4. The molecular weight excluding hydrogens is 270 g/mol. The van der Waals surface area contributed by atoms with Crippen LogP contribution in [0.25, 0.3) is 0 Å². The van der Waals surface area contributed by atoms with Gasteiger partial charge in [0.25, 0.3) is 0 Å². The number of nitrogens with zero attached hydrogens (tertiary/aromatic N) is 1. The summed E-state index contributed by atoms with van der Waals surface area (Å²) < 4.78 is 16.4. The molecule has 1 aliphatic carbocycles. The molecule has 0 aromatic rings. The van der Waals surface area contributed by atoms with Gasteiger partial charge in [-0.3, -0.25) is 0 Å². The Labute approximate surface area is 128 Å². The fourth-order valence-corrected chi connectivity index (χ4v) is 2.72. The first-order valence-electron chi connectivity index (χ1n) is 7.97. The van der Waals surface area contributed by atoms with Gasteiger partial charge in [0.05, 0.1) is 12.7 Å². The lowest BCUT2D eigenvalue weighted by Gasteiger charge is -2.38. The molecule has 0 aliphatic heterocycles. The summed E-state index contributed by atoms with van der Waals surface area (Å²) in [6.07, 6.45) is 4.06. The lowest BCUT2D eigenvalue weighted by molar-refractivity contribution is -0.0189. The van der Waals surface area contributed by atoms with Gasteiger partial charge in [-0.25, -0.2) is 4.79 Å². The van der Waals surface area contributed by atoms with E-state index in [1.54, 1.807) is 7.11 Å². The van der Waals surface area contributed by atoms with Crippen molar-refractivity contribution in [3.63, 3.8) is 0 Å². The maximum atomic E-state index is 12.4. The molecule has 124 valence electrons. The van der Waals surface area contributed by atoms with Crippen LogP contribution in [-0.2, 0) is 14.2 Å². The van der Waals surface area contributed by atoms with Crippen molar-refractivity contribution in [2.45, 2.75) is 71.1 Å². The monoisotopic (exact) mass is 301 g/mol. The highest BCUT2D eigenvalue weighted by Gasteiger charge is 2.32. The number of amides is 1. The Bertz CT molecular complexity index is 312. The summed E-state index contributed by atoms with van der Waals surface area (Å²) in [5.74, 6) is 0. The molecule has 1 saturated carbocycles. The SMILES string of the molecule is CCOC1CCCC(N(CCOC)C(=O)OC(C)(C)C)C1. The third-order valence-corrected chi connectivity index (χ3v) is 3.61. The first-order valence-corrected chi connectivity index (χ1v) is 7.97. The lowest BCUT2D eigenvalue weighted by atomic mass is 9.92. The van der Waals surface area contributed by atoms with Gasteiger partial charge in [-0.1, -0.05) is 0 Å². The molecule has 0 heterocycles. The van der Waals surface area contributed by atoms with Gasteiger partial charge in [-0.05, 0) is 53.4 Å². The van der Waals surface area contributed by atoms with Crippen LogP contribution in [0, 0.1) is 0 Å². The predicted molar refractivity (Wildman–Crippen MR) is 82.5 cm³/mol. The van der Waals surface area contributed by atoms with Gasteiger partial charge in [0.2, 0.25) is 0 Å². The van der Waals surface area contributed by atoms with Crippen molar-refractivity contribution >= 4 is 6.09 Å². The molecule has 0 aromatic carbocycles. The van der Waals surface area contributed by atoms with Gasteiger partial charge in [0.1, 0.15) is 5.60 Å². The largest absolute Gasteiger partial charge is 0.444 e. The van der Waals surface area contributed by atoms with Crippen molar-refractivity contribution in [3.05, 3.63) is 0 Å². The molecule has 1 aliphatic rings. The summed E-state index contributed by atoms with van der Waals surface area (Å²) in [5.41, 5.74) is -0.476. The van der Waals surface area contributed by atoms with Crippen LogP contribution < -0.4 is 0 Å². The molecule has 0 radical (unpaired) electrons.